The van der Waals surface area contributed by atoms with Gasteiger partial charge in [-0.25, -0.2) is 0 Å². The first-order valence-electron chi connectivity index (χ1n) is 7.66. The van der Waals surface area contributed by atoms with Crippen LogP contribution in [-0.2, 0) is 11.0 Å². The fourth-order valence-electron chi connectivity index (χ4n) is 2.28. The zero-order chi connectivity index (χ0) is 15.0. The summed E-state index contributed by atoms with van der Waals surface area (Å²) in [6, 6.07) is 12.0. The number of nitrogens with zero attached hydrogens (tertiary/aromatic N) is 1. The lowest BCUT2D eigenvalue weighted by Crippen LogP contribution is -2.42. The number of hydrogen-bond donors (Lipinski definition) is 0. The molecule has 1 aromatic carbocycles. The van der Waals surface area contributed by atoms with Gasteiger partial charge in [-0.15, -0.1) is 0 Å². The Morgan fingerprint density at radius 3 is 2.30 bits per heavy atom. The molecule has 1 aliphatic rings. The van der Waals surface area contributed by atoms with E-state index in [0.29, 0.717) is 17.1 Å². The van der Waals surface area contributed by atoms with Gasteiger partial charge in [-0.05, 0) is 30.6 Å². The van der Waals surface area contributed by atoms with Crippen molar-refractivity contribution in [1.82, 2.24) is 4.90 Å². The average Bonchev–Trinajstić information content (AvgIpc) is 2.96. The Morgan fingerprint density at radius 2 is 1.75 bits per heavy atom. The number of rotatable bonds is 5. The molecule has 0 spiro atoms. The minimum Gasteiger partial charge on any atom is -0.415 e. The highest BCUT2D eigenvalue weighted by atomic mass is 28.4. The van der Waals surface area contributed by atoms with Crippen LogP contribution in [-0.4, -0.2) is 31.9 Å². The Morgan fingerprint density at radius 1 is 1.15 bits per heavy atom. The van der Waals surface area contributed by atoms with Crippen LogP contribution in [0.3, 0.4) is 0 Å². The topological polar surface area (TPSA) is 12.2 Å². The van der Waals surface area contributed by atoms with Crippen LogP contribution >= 0.6 is 0 Å². The third-order valence-corrected chi connectivity index (χ3v) is 9.55. The third-order valence-electron chi connectivity index (χ3n) is 5.05. The summed E-state index contributed by atoms with van der Waals surface area (Å²) >= 11 is 0. The lowest BCUT2D eigenvalue weighted by atomic mass is 10.2. The molecule has 0 amide bonds. The van der Waals surface area contributed by atoms with Gasteiger partial charge in [-0.1, -0.05) is 51.1 Å². The lowest BCUT2D eigenvalue weighted by molar-refractivity contribution is 0.268. The molecule has 3 atom stereocenters. The van der Waals surface area contributed by atoms with Crippen molar-refractivity contribution in [3.05, 3.63) is 35.9 Å². The molecule has 0 saturated carbocycles. The quantitative estimate of drug-likeness (QED) is 0.593. The fraction of sp³-hybridized carbons (Fsp3) is 0.647. The average molecular weight is 292 g/mol. The molecule has 0 aromatic heterocycles. The number of benzene rings is 1. The second kappa shape index (κ2) is 5.62. The van der Waals surface area contributed by atoms with E-state index in [4.69, 9.17) is 4.43 Å². The summed E-state index contributed by atoms with van der Waals surface area (Å²) < 4.78 is 6.35. The van der Waals surface area contributed by atoms with Crippen molar-refractivity contribution in [2.24, 2.45) is 0 Å². The molecule has 1 aliphatic heterocycles. The highest BCUT2D eigenvalue weighted by molar-refractivity contribution is 6.74. The normalized spacial score (nSPS) is 26.6. The van der Waals surface area contributed by atoms with E-state index in [1.165, 1.54) is 5.56 Å². The molecule has 0 N–H and O–H groups in total. The molecule has 0 bridgehead atoms. The summed E-state index contributed by atoms with van der Waals surface area (Å²) in [5, 5.41) is 0.301. The Kier molecular flexibility index (Phi) is 4.43. The van der Waals surface area contributed by atoms with Crippen LogP contribution in [0.1, 0.15) is 33.3 Å². The first-order chi connectivity index (χ1) is 9.22. The van der Waals surface area contributed by atoms with Crippen molar-refractivity contribution < 1.29 is 4.43 Å². The van der Waals surface area contributed by atoms with E-state index in [1.54, 1.807) is 0 Å². The minimum absolute atomic E-state index is 0.301. The molecule has 112 valence electrons. The van der Waals surface area contributed by atoms with Crippen LogP contribution in [0.2, 0.25) is 18.1 Å². The molecule has 0 aliphatic carbocycles. The minimum atomic E-state index is -1.61. The van der Waals surface area contributed by atoms with Crippen LogP contribution in [0, 0.1) is 0 Å². The molecule has 1 heterocycles. The van der Waals surface area contributed by atoms with Gasteiger partial charge in [0.15, 0.2) is 8.32 Å². The summed E-state index contributed by atoms with van der Waals surface area (Å²) in [5.74, 6) is 0. The summed E-state index contributed by atoms with van der Waals surface area (Å²) in [7, 11) is -1.61. The molecule has 2 rings (SSSR count). The van der Waals surface area contributed by atoms with E-state index in [0.717, 1.165) is 13.2 Å². The first-order valence-corrected chi connectivity index (χ1v) is 10.6. The maximum absolute atomic E-state index is 6.35. The van der Waals surface area contributed by atoms with Crippen molar-refractivity contribution in [3.63, 3.8) is 0 Å². The Bertz CT molecular complexity index is 438. The van der Waals surface area contributed by atoms with E-state index in [1.807, 2.05) is 0 Å². The molecule has 3 unspecified atom stereocenters. The van der Waals surface area contributed by atoms with Gasteiger partial charge >= 0.3 is 0 Å². The maximum Gasteiger partial charge on any atom is 0.192 e. The van der Waals surface area contributed by atoms with Gasteiger partial charge in [0, 0.05) is 18.6 Å². The van der Waals surface area contributed by atoms with Crippen LogP contribution in [0.5, 0.6) is 0 Å². The molecule has 3 heteroatoms. The van der Waals surface area contributed by atoms with Crippen molar-refractivity contribution in [1.29, 1.82) is 0 Å². The molecular weight excluding hydrogens is 262 g/mol. The molecular formula is C17H29NOSi. The lowest BCUT2D eigenvalue weighted by Gasteiger charge is -2.36. The third kappa shape index (κ3) is 3.51. The van der Waals surface area contributed by atoms with Gasteiger partial charge in [0.2, 0.25) is 0 Å². The van der Waals surface area contributed by atoms with Crippen molar-refractivity contribution >= 4 is 8.32 Å². The first kappa shape index (κ1) is 15.7. The van der Waals surface area contributed by atoms with Crippen LogP contribution in [0.4, 0.5) is 0 Å². The second-order valence-electron chi connectivity index (χ2n) is 7.54. The van der Waals surface area contributed by atoms with Gasteiger partial charge in [-0.2, -0.15) is 0 Å². The highest BCUT2D eigenvalue weighted by Crippen LogP contribution is 2.38. The molecule has 1 fully saturated rings. The predicted molar refractivity (Wildman–Crippen MR) is 88.4 cm³/mol. The number of hydrogen-bond acceptors (Lipinski definition) is 2. The zero-order valence-corrected chi connectivity index (χ0v) is 14.8. The van der Waals surface area contributed by atoms with Gasteiger partial charge in [0.1, 0.15) is 0 Å². The van der Waals surface area contributed by atoms with Crippen molar-refractivity contribution in [2.45, 2.75) is 64.5 Å². The summed E-state index contributed by atoms with van der Waals surface area (Å²) in [6.45, 7) is 15.8. The Hall–Kier alpha value is -0.643. The summed E-state index contributed by atoms with van der Waals surface area (Å²) in [4.78, 5) is 2.53. The van der Waals surface area contributed by atoms with Gasteiger partial charge in [0.25, 0.3) is 0 Å². The van der Waals surface area contributed by atoms with E-state index in [-0.39, 0.29) is 0 Å². The maximum atomic E-state index is 6.35. The SMILES string of the molecule is CC1C(CO[Si](C)(C)C(C)(C)C)N1Cc1ccccc1. The van der Waals surface area contributed by atoms with E-state index < -0.39 is 8.32 Å². The van der Waals surface area contributed by atoms with Crippen molar-refractivity contribution in [2.75, 3.05) is 6.61 Å². The summed E-state index contributed by atoms with van der Waals surface area (Å²) in [5.41, 5.74) is 1.40. The standard InChI is InChI=1S/C17H29NOSi/c1-14-16(13-19-20(5,6)17(2,3)4)18(14)12-15-10-8-7-9-11-15/h7-11,14,16H,12-13H2,1-6H3. The van der Waals surface area contributed by atoms with Crippen LogP contribution in [0.25, 0.3) is 0 Å². The second-order valence-corrected chi connectivity index (χ2v) is 12.3. The van der Waals surface area contributed by atoms with E-state index in [2.05, 4.69) is 76.0 Å². The van der Waals surface area contributed by atoms with Crippen molar-refractivity contribution in [3.8, 4) is 0 Å². The zero-order valence-electron chi connectivity index (χ0n) is 13.8. The van der Waals surface area contributed by atoms with E-state index >= 15 is 0 Å². The van der Waals surface area contributed by atoms with Gasteiger partial charge in [0.05, 0.1) is 6.61 Å². The Balaban J connectivity index is 1.84. The predicted octanol–water partition coefficient (Wildman–Crippen LogP) is 4.28. The fourth-order valence-corrected chi connectivity index (χ4v) is 3.30. The Labute approximate surface area is 125 Å². The van der Waals surface area contributed by atoms with Gasteiger partial charge in [-0.3, -0.25) is 4.90 Å². The monoisotopic (exact) mass is 291 g/mol. The van der Waals surface area contributed by atoms with Gasteiger partial charge < -0.3 is 4.43 Å². The summed E-state index contributed by atoms with van der Waals surface area (Å²) in [6.07, 6.45) is 0. The smallest absolute Gasteiger partial charge is 0.192 e. The van der Waals surface area contributed by atoms with Crippen LogP contribution in [0.15, 0.2) is 30.3 Å². The van der Waals surface area contributed by atoms with E-state index in [9.17, 15) is 0 Å². The largest absolute Gasteiger partial charge is 0.415 e. The molecule has 1 saturated heterocycles. The highest BCUT2D eigenvalue weighted by Gasteiger charge is 2.46. The molecule has 1 aromatic rings. The van der Waals surface area contributed by atoms with Crippen LogP contribution < -0.4 is 0 Å². The molecule has 0 radical (unpaired) electrons. The molecule has 20 heavy (non-hydrogen) atoms. The molecule has 2 nitrogen and oxygen atoms in total.